The number of amides is 1. The molecule has 7 nitrogen and oxygen atoms in total. The van der Waals surface area contributed by atoms with Gasteiger partial charge in [0, 0.05) is 11.6 Å². The summed E-state index contributed by atoms with van der Waals surface area (Å²) in [5.74, 6) is 1.12. The van der Waals surface area contributed by atoms with Gasteiger partial charge in [-0.25, -0.2) is 0 Å². The molecule has 0 radical (unpaired) electrons. The summed E-state index contributed by atoms with van der Waals surface area (Å²) in [4.78, 5) is 12.3. The zero-order valence-corrected chi connectivity index (χ0v) is 16.6. The van der Waals surface area contributed by atoms with Crippen molar-refractivity contribution in [3.05, 3.63) is 36.4 Å². The summed E-state index contributed by atoms with van der Waals surface area (Å²) in [6, 6.07) is 11.8. The predicted molar refractivity (Wildman–Crippen MR) is 109 cm³/mol. The summed E-state index contributed by atoms with van der Waals surface area (Å²) in [5.41, 5.74) is 2.39. The molecule has 146 valence electrons. The van der Waals surface area contributed by atoms with Crippen LogP contribution in [-0.4, -0.2) is 44.6 Å². The number of hydrogen-bond donors (Lipinski definition) is 1. The van der Waals surface area contributed by atoms with Crippen molar-refractivity contribution in [2.24, 2.45) is 0 Å². The Balaban J connectivity index is 1.47. The quantitative estimate of drug-likeness (QED) is 0.643. The van der Waals surface area contributed by atoms with E-state index in [1.54, 1.807) is 11.6 Å². The second kappa shape index (κ2) is 8.60. The molecule has 0 aliphatic heterocycles. The summed E-state index contributed by atoms with van der Waals surface area (Å²) in [7, 11) is 1.64. The molecule has 1 N–H and O–H groups in total. The van der Waals surface area contributed by atoms with Gasteiger partial charge in [0.25, 0.3) is 0 Å². The van der Waals surface area contributed by atoms with Crippen molar-refractivity contribution >= 4 is 23.3 Å². The van der Waals surface area contributed by atoms with E-state index in [2.05, 4.69) is 20.6 Å². The number of carbonyl (C=O) groups is 1. The lowest BCUT2D eigenvalue weighted by atomic mass is 9.95. The van der Waals surface area contributed by atoms with E-state index in [4.69, 9.17) is 4.74 Å². The molecular formula is C20H23N5O2S. The standard InChI is InChI=1S/C20H23N5O2S/c1-27-16-9-5-6-14(12-16)17-10-11-18-22-23-20(25(18)24-17)28-13-19(26)21-15-7-3-2-4-8-15/h5-6,9-12,15H,2-4,7-8,13H2,1H3,(H,21,26). The van der Waals surface area contributed by atoms with Gasteiger partial charge >= 0.3 is 0 Å². The van der Waals surface area contributed by atoms with Gasteiger partial charge in [-0.1, -0.05) is 43.2 Å². The SMILES string of the molecule is COc1cccc(-c2ccc3nnc(SCC(=O)NC4CCCCC4)n3n2)c1. The average Bonchev–Trinajstić information content (AvgIpc) is 3.15. The lowest BCUT2D eigenvalue weighted by Crippen LogP contribution is -2.37. The molecule has 28 heavy (non-hydrogen) atoms. The highest BCUT2D eigenvalue weighted by molar-refractivity contribution is 7.99. The normalized spacial score (nSPS) is 14.9. The molecule has 0 unspecified atom stereocenters. The molecule has 3 aromatic rings. The fourth-order valence-electron chi connectivity index (χ4n) is 3.44. The predicted octanol–water partition coefficient (Wildman–Crippen LogP) is 3.34. The highest BCUT2D eigenvalue weighted by Gasteiger charge is 2.17. The first kappa shape index (κ1) is 18.7. The van der Waals surface area contributed by atoms with E-state index < -0.39 is 0 Å². The summed E-state index contributed by atoms with van der Waals surface area (Å²) in [5, 5.41) is 16.7. The van der Waals surface area contributed by atoms with Crippen LogP contribution in [0.4, 0.5) is 0 Å². The van der Waals surface area contributed by atoms with E-state index in [0.717, 1.165) is 29.8 Å². The number of nitrogens with zero attached hydrogens (tertiary/aromatic N) is 4. The number of hydrogen-bond acceptors (Lipinski definition) is 6. The highest BCUT2D eigenvalue weighted by atomic mass is 32.2. The minimum Gasteiger partial charge on any atom is -0.497 e. The Bertz CT molecular complexity index is 968. The van der Waals surface area contributed by atoms with Gasteiger partial charge in [0.15, 0.2) is 5.65 Å². The van der Waals surface area contributed by atoms with Gasteiger partial charge in [0.05, 0.1) is 18.6 Å². The smallest absolute Gasteiger partial charge is 0.230 e. The Morgan fingerprint density at radius 1 is 1.21 bits per heavy atom. The third-order valence-corrected chi connectivity index (χ3v) is 5.82. The highest BCUT2D eigenvalue weighted by Crippen LogP contribution is 2.24. The second-order valence-electron chi connectivity index (χ2n) is 6.89. The van der Waals surface area contributed by atoms with Gasteiger partial charge < -0.3 is 10.1 Å². The van der Waals surface area contributed by atoms with Crippen LogP contribution >= 0.6 is 11.8 Å². The molecule has 1 saturated carbocycles. The Morgan fingerprint density at radius 2 is 2.07 bits per heavy atom. The van der Waals surface area contributed by atoms with Crippen LogP contribution in [0.3, 0.4) is 0 Å². The number of benzene rings is 1. The summed E-state index contributed by atoms with van der Waals surface area (Å²) < 4.78 is 6.98. The number of fused-ring (bicyclic) bond motifs is 1. The fourth-order valence-corrected chi connectivity index (χ4v) is 4.14. The molecule has 1 aliphatic carbocycles. The van der Waals surface area contributed by atoms with Crippen molar-refractivity contribution in [2.45, 2.75) is 43.3 Å². The first-order chi connectivity index (χ1) is 13.7. The Kier molecular flexibility index (Phi) is 5.76. The number of nitrogens with one attached hydrogen (secondary N) is 1. The van der Waals surface area contributed by atoms with Gasteiger partial charge in [-0.15, -0.1) is 10.2 Å². The minimum atomic E-state index is 0.0394. The van der Waals surface area contributed by atoms with Crippen LogP contribution in [0.1, 0.15) is 32.1 Å². The van der Waals surface area contributed by atoms with Crippen LogP contribution < -0.4 is 10.1 Å². The maximum Gasteiger partial charge on any atom is 0.230 e. The van der Waals surface area contributed by atoms with Crippen molar-refractivity contribution < 1.29 is 9.53 Å². The molecule has 8 heteroatoms. The van der Waals surface area contributed by atoms with Gasteiger partial charge in [0.1, 0.15) is 5.75 Å². The fraction of sp³-hybridized carbons (Fsp3) is 0.400. The largest absolute Gasteiger partial charge is 0.497 e. The first-order valence-corrected chi connectivity index (χ1v) is 10.5. The molecule has 0 atom stereocenters. The van der Waals surface area contributed by atoms with Gasteiger partial charge in [-0.05, 0) is 37.1 Å². The number of aromatic nitrogens is 4. The second-order valence-corrected chi connectivity index (χ2v) is 7.84. The molecule has 1 fully saturated rings. The molecule has 2 aromatic heterocycles. The van der Waals surface area contributed by atoms with Crippen molar-refractivity contribution in [1.29, 1.82) is 0 Å². The Labute approximate surface area is 167 Å². The maximum absolute atomic E-state index is 12.3. The summed E-state index contributed by atoms with van der Waals surface area (Å²) in [6.07, 6.45) is 5.83. The Hall–Kier alpha value is -2.61. The van der Waals surface area contributed by atoms with Crippen molar-refractivity contribution in [3.63, 3.8) is 0 Å². The number of thioether (sulfide) groups is 1. The lowest BCUT2D eigenvalue weighted by Gasteiger charge is -2.22. The molecule has 2 heterocycles. The van der Waals surface area contributed by atoms with Crippen LogP contribution in [0.15, 0.2) is 41.6 Å². The van der Waals surface area contributed by atoms with Crippen molar-refractivity contribution in [2.75, 3.05) is 12.9 Å². The Morgan fingerprint density at radius 3 is 2.89 bits per heavy atom. The summed E-state index contributed by atoms with van der Waals surface area (Å²) in [6.45, 7) is 0. The van der Waals surface area contributed by atoms with E-state index in [-0.39, 0.29) is 5.91 Å². The van der Waals surface area contributed by atoms with E-state index in [0.29, 0.717) is 22.6 Å². The van der Waals surface area contributed by atoms with Crippen LogP contribution in [0.2, 0.25) is 0 Å². The first-order valence-electron chi connectivity index (χ1n) is 9.52. The van der Waals surface area contributed by atoms with Gasteiger partial charge in [0.2, 0.25) is 11.1 Å². The molecule has 4 rings (SSSR count). The van der Waals surface area contributed by atoms with Crippen LogP contribution in [0.5, 0.6) is 5.75 Å². The summed E-state index contributed by atoms with van der Waals surface area (Å²) >= 11 is 1.35. The molecule has 0 spiro atoms. The number of rotatable bonds is 6. The van der Waals surface area contributed by atoms with Crippen molar-refractivity contribution in [3.8, 4) is 17.0 Å². The molecule has 1 aromatic carbocycles. The molecule has 0 bridgehead atoms. The molecule has 0 saturated heterocycles. The lowest BCUT2D eigenvalue weighted by molar-refractivity contribution is -0.119. The number of carbonyl (C=O) groups excluding carboxylic acids is 1. The van der Waals surface area contributed by atoms with E-state index in [9.17, 15) is 4.79 Å². The molecular weight excluding hydrogens is 374 g/mol. The van der Waals surface area contributed by atoms with Crippen molar-refractivity contribution in [1.82, 2.24) is 25.1 Å². The minimum absolute atomic E-state index is 0.0394. The molecule has 1 aliphatic rings. The topological polar surface area (TPSA) is 81.4 Å². The monoisotopic (exact) mass is 397 g/mol. The van der Waals surface area contributed by atoms with Crippen LogP contribution in [0, 0.1) is 0 Å². The van der Waals surface area contributed by atoms with Crippen LogP contribution in [0.25, 0.3) is 16.9 Å². The number of methoxy groups -OCH3 is 1. The van der Waals surface area contributed by atoms with Crippen LogP contribution in [-0.2, 0) is 4.79 Å². The maximum atomic E-state index is 12.3. The zero-order valence-electron chi connectivity index (χ0n) is 15.8. The van der Waals surface area contributed by atoms with E-state index >= 15 is 0 Å². The average molecular weight is 398 g/mol. The third-order valence-electron chi connectivity index (χ3n) is 4.90. The molecule has 1 amide bonds. The third kappa shape index (κ3) is 4.27. The van der Waals surface area contributed by atoms with E-state index in [1.165, 1.54) is 31.0 Å². The number of ether oxygens (including phenoxy) is 1. The zero-order chi connectivity index (χ0) is 19.3. The van der Waals surface area contributed by atoms with E-state index in [1.807, 2.05) is 36.4 Å². The van der Waals surface area contributed by atoms with Gasteiger partial charge in [-0.3, -0.25) is 4.79 Å². The van der Waals surface area contributed by atoms with Gasteiger partial charge in [-0.2, -0.15) is 9.61 Å².